The molecule has 0 amide bonds. The van der Waals surface area contributed by atoms with Crippen molar-refractivity contribution in [2.75, 3.05) is 20.3 Å². The van der Waals surface area contributed by atoms with Crippen LogP contribution in [0.2, 0.25) is 0 Å². The molecule has 0 aromatic carbocycles. The van der Waals surface area contributed by atoms with Gasteiger partial charge >= 0.3 is 0 Å². The predicted molar refractivity (Wildman–Crippen MR) is 70.3 cm³/mol. The van der Waals surface area contributed by atoms with Crippen LogP contribution in [0.3, 0.4) is 0 Å². The maximum Gasteiger partial charge on any atom is 0.0662 e. The summed E-state index contributed by atoms with van der Waals surface area (Å²) in [6.45, 7) is 10.9. The van der Waals surface area contributed by atoms with Gasteiger partial charge in [0.15, 0.2) is 0 Å². The monoisotopic (exact) mass is 239 g/mol. The normalized spacial score (nSPS) is 13.0. The largest absolute Gasteiger partial charge is 0.380 e. The molecule has 0 fully saturated rings. The Labute approximate surface area is 104 Å². The highest BCUT2D eigenvalue weighted by Gasteiger charge is 2.15. The van der Waals surface area contributed by atoms with E-state index in [0.29, 0.717) is 6.04 Å². The van der Waals surface area contributed by atoms with Crippen LogP contribution in [0.5, 0.6) is 0 Å². The molecular weight excluding hydrogens is 214 g/mol. The van der Waals surface area contributed by atoms with Gasteiger partial charge in [0.05, 0.1) is 18.8 Å². The van der Waals surface area contributed by atoms with E-state index in [4.69, 9.17) is 4.74 Å². The first kappa shape index (κ1) is 14.2. The van der Waals surface area contributed by atoms with Crippen LogP contribution in [0.1, 0.15) is 43.3 Å². The van der Waals surface area contributed by atoms with Gasteiger partial charge in [0.1, 0.15) is 0 Å². The third-order valence-corrected chi connectivity index (χ3v) is 3.10. The Kier molecular flexibility index (Phi) is 5.65. The fourth-order valence-electron chi connectivity index (χ4n) is 2.10. The van der Waals surface area contributed by atoms with Crippen LogP contribution in [0.25, 0.3) is 0 Å². The number of nitrogens with one attached hydrogen (secondary N) is 1. The highest BCUT2D eigenvalue weighted by molar-refractivity contribution is 5.27. The van der Waals surface area contributed by atoms with Crippen LogP contribution >= 0.6 is 0 Å². The van der Waals surface area contributed by atoms with Crippen molar-refractivity contribution in [1.82, 2.24) is 15.1 Å². The van der Waals surface area contributed by atoms with Gasteiger partial charge in [-0.05, 0) is 34.2 Å². The summed E-state index contributed by atoms with van der Waals surface area (Å²) in [5.41, 5.74) is 3.66. The molecule has 0 saturated heterocycles. The number of ether oxygens (including phenoxy) is 1. The number of aryl methyl sites for hydroxylation is 1. The molecule has 0 spiro atoms. The number of hydrogen-bond acceptors (Lipinski definition) is 3. The lowest BCUT2D eigenvalue weighted by Crippen LogP contribution is -2.15. The van der Waals surface area contributed by atoms with Crippen LogP contribution in [0.4, 0.5) is 0 Å². The fraction of sp³-hybridized carbons (Fsp3) is 0.769. The zero-order valence-corrected chi connectivity index (χ0v) is 11.7. The van der Waals surface area contributed by atoms with Gasteiger partial charge in [-0.3, -0.25) is 4.68 Å². The summed E-state index contributed by atoms with van der Waals surface area (Å²) in [6.07, 6.45) is 1.07. The number of rotatable bonds is 7. The van der Waals surface area contributed by atoms with Crippen molar-refractivity contribution in [1.29, 1.82) is 0 Å². The molecule has 0 aliphatic carbocycles. The molecule has 1 unspecified atom stereocenters. The maximum atomic E-state index is 5.50. The molecule has 1 aromatic rings. The minimum absolute atomic E-state index is 0.348. The Morgan fingerprint density at radius 3 is 2.65 bits per heavy atom. The molecule has 1 rings (SSSR count). The van der Waals surface area contributed by atoms with Gasteiger partial charge in [0, 0.05) is 23.9 Å². The summed E-state index contributed by atoms with van der Waals surface area (Å²) in [6, 6.07) is 0.348. The second-order valence-electron chi connectivity index (χ2n) is 4.43. The molecule has 17 heavy (non-hydrogen) atoms. The molecule has 1 aromatic heterocycles. The highest BCUT2D eigenvalue weighted by Crippen LogP contribution is 2.20. The van der Waals surface area contributed by atoms with Crippen molar-refractivity contribution < 1.29 is 4.74 Å². The van der Waals surface area contributed by atoms with Gasteiger partial charge in [-0.15, -0.1) is 0 Å². The maximum absolute atomic E-state index is 5.50. The Morgan fingerprint density at radius 2 is 2.06 bits per heavy atom. The first-order valence-corrected chi connectivity index (χ1v) is 6.40. The first-order chi connectivity index (χ1) is 8.11. The summed E-state index contributed by atoms with van der Waals surface area (Å²) in [5.74, 6) is 0. The lowest BCUT2D eigenvalue weighted by atomic mass is 10.1. The average Bonchev–Trinajstić information content (AvgIpc) is 2.59. The lowest BCUT2D eigenvalue weighted by molar-refractivity contribution is 0.124. The molecule has 1 heterocycles. The van der Waals surface area contributed by atoms with Crippen molar-refractivity contribution in [2.45, 2.75) is 46.7 Å². The first-order valence-electron chi connectivity index (χ1n) is 6.40. The molecule has 1 atom stereocenters. The van der Waals surface area contributed by atoms with E-state index in [0.717, 1.165) is 31.9 Å². The van der Waals surface area contributed by atoms with Gasteiger partial charge in [-0.25, -0.2) is 0 Å². The number of nitrogens with zero attached hydrogens (tertiary/aromatic N) is 2. The lowest BCUT2D eigenvalue weighted by Gasteiger charge is -2.11. The second-order valence-corrected chi connectivity index (χ2v) is 4.43. The van der Waals surface area contributed by atoms with E-state index in [2.05, 4.69) is 38.1 Å². The number of hydrogen-bond donors (Lipinski definition) is 1. The van der Waals surface area contributed by atoms with Crippen molar-refractivity contribution in [3.63, 3.8) is 0 Å². The summed E-state index contributed by atoms with van der Waals surface area (Å²) in [7, 11) is 1.98. The van der Waals surface area contributed by atoms with E-state index >= 15 is 0 Å². The molecule has 4 heteroatoms. The Bertz CT molecular complexity index is 347. The number of aromatic nitrogens is 2. The standard InChI is InChI=1S/C13H25N3O/c1-6-8-17-9-7-16-12(4)13(10(2)14-5)11(3)15-16/h10,14H,6-9H2,1-5H3. The molecule has 0 aliphatic rings. The predicted octanol–water partition coefficient (Wildman–Crippen LogP) is 2.21. The van der Waals surface area contributed by atoms with Gasteiger partial charge in [-0.2, -0.15) is 5.10 Å². The van der Waals surface area contributed by atoms with Crippen molar-refractivity contribution in [2.24, 2.45) is 0 Å². The highest BCUT2D eigenvalue weighted by atomic mass is 16.5. The zero-order valence-electron chi connectivity index (χ0n) is 11.7. The second kappa shape index (κ2) is 6.77. The molecule has 0 radical (unpaired) electrons. The van der Waals surface area contributed by atoms with Gasteiger partial charge in [0.2, 0.25) is 0 Å². The van der Waals surface area contributed by atoms with Gasteiger partial charge in [-0.1, -0.05) is 6.92 Å². The van der Waals surface area contributed by atoms with Crippen LogP contribution in [0.15, 0.2) is 0 Å². The van der Waals surface area contributed by atoms with E-state index < -0.39 is 0 Å². The molecule has 0 aliphatic heterocycles. The van der Waals surface area contributed by atoms with E-state index in [1.54, 1.807) is 0 Å². The molecule has 1 N–H and O–H groups in total. The van der Waals surface area contributed by atoms with Crippen LogP contribution in [-0.4, -0.2) is 30.0 Å². The summed E-state index contributed by atoms with van der Waals surface area (Å²) in [4.78, 5) is 0. The summed E-state index contributed by atoms with van der Waals surface area (Å²) >= 11 is 0. The zero-order chi connectivity index (χ0) is 12.8. The van der Waals surface area contributed by atoms with Crippen LogP contribution < -0.4 is 5.32 Å². The van der Waals surface area contributed by atoms with Crippen molar-refractivity contribution >= 4 is 0 Å². The molecular formula is C13H25N3O. The Balaban J connectivity index is 2.68. The van der Waals surface area contributed by atoms with E-state index in [1.165, 1.54) is 11.3 Å². The third kappa shape index (κ3) is 3.54. The van der Waals surface area contributed by atoms with E-state index in [1.807, 2.05) is 11.7 Å². The van der Waals surface area contributed by atoms with Crippen LogP contribution in [-0.2, 0) is 11.3 Å². The quantitative estimate of drug-likeness (QED) is 0.741. The minimum Gasteiger partial charge on any atom is -0.380 e. The molecule has 0 bridgehead atoms. The smallest absolute Gasteiger partial charge is 0.0662 e. The topological polar surface area (TPSA) is 39.1 Å². The molecule has 0 saturated carbocycles. The van der Waals surface area contributed by atoms with Crippen molar-refractivity contribution in [3.8, 4) is 0 Å². The van der Waals surface area contributed by atoms with Gasteiger partial charge in [0.25, 0.3) is 0 Å². The Morgan fingerprint density at radius 1 is 1.35 bits per heavy atom. The SMILES string of the molecule is CCCOCCn1nc(C)c(C(C)NC)c1C. The summed E-state index contributed by atoms with van der Waals surface area (Å²) in [5, 5.41) is 7.84. The fourth-order valence-corrected chi connectivity index (χ4v) is 2.10. The third-order valence-electron chi connectivity index (χ3n) is 3.10. The van der Waals surface area contributed by atoms with Crippen molar-refractivity contribution in [3.05, 3.63) is 17.0 Å². The van der Waals surface area contributed by atoms with Crippen LogP contribution in [0, 0.1) is 13.8 Å². The molecule has 4 nitrogen and oxygen atoms in total. The van der Waals surface area contributed by atoms with E-state index in [9.17, 15) is 0 Å². The Hall–Kier alpha value is -0.870. The van der Waals surface area contributed by atoms with Gasteiger partial charge < -0.3 is 10.1 Å². The average molecular weight is 239 g/mol. The molecule has 98 valence electrons. The minimum atomic E-state index is 0.348. The summed E-state index contributed by atoms with van der Waals surface area (Å²) < 4.78 is 7.55. The van der Waals surface area contributed by atoms with E-state index in [-0.39, 0.29) is 0 Å².